The van der Waals surface area contributed by atoms with E-state index in [4.69, 9.17) is 4.74 Å². The summed E-state index contributed by atoms with van der Waals surface area (Å²) in [5.74, 6) is 0.379. The smallest absolute Gasteiger partial charge is 0.385 e. The van der Waals surface area contributed by atoms with E-state index in [0.717, 1.165) is 12.1 Å². The van der Waals surface area contributed by atoms with Crippen LogP contribution in [0.3, 0.4) is 0 Å². The fourth-order valence-corrected chi connectivity index (χ4v) is 1.35. The molecule has 1 rings (SSSR count). The van der Waals surface area contributed by atoms with E-state index in [1.165, 1.54) is 7.05 Å². The summed E-state index contributed by atoms with van der Waals surface area (Å²) >= 11 is 0. The molecule has 0 unspecified atom stereocenters. The molecule has 0 aliphatic rings. The van der Waals surface area contributed by atoms with Crippen molar-refractivity contribution >= 4 is 11.6 Å². The predicted molar refractivity (Wildman–Crippen MR) is 63.8 cm³/mol. The second kappa shape index (κ2) is 6.44. The largest absolute Gasteiger partial charge is 0.416 e. The summed E-state index contributed by atoms with van der Waals surface area (Å²) in [7, 11) is 3.10. The Labute approximate surface area is 104 Å². The van der Waals surface area contributed by atoms with Crippen LogP contribution in [0.25, 0.3) is 0 Å². The molecule has 2 N–H and O–H groups in total. The zero-order valence-electron chi connectivity index (χ0n) is 10.3. The van der Waals surface area contributed by atoms with E-state index < -0.39 is 11.7 Å². The average Bonchev–Trinajstić information content (AvgIpc) is 2.33. The van der Waals surface area contributed by atoms with Crippen molar-refractivity contribution in [1.29, 1.82) is 0 Å². The van der Waals surface area contributed by atoms with Crippen LogP contribution in [0.1, 0.15) is 12.0 Å². The predicted octanol–water partition coefficient (Wildman–Crippen LogP) is 2.59. The molecule has 102 valence electrons. The van der Waals surface area contributed by atoms with Gasteiger partial charge in [0.1, 0.15) is 11.6 Å². The normalized spacial score (nSPS) is 11.4. The van der Waals surface area contributed by atoms with Gasteiger partial charge >= 0.3 is 6.18 Å². The van der Waals surface area contributed by atoms with Crippen molar-refractivity contribution in [2.75, 3.05) is 37.9 Å². The Morgan fingerprint density at radius 2 is 1.94 bits per heavy atom. The van der Waals surface area contributed by atoms with Crippen molar-refractivity contribution in [1.82, 2.24) is 4.98 Å². The number of anilines is 2. The van der Waals surface area contributed by atoms with Gasteiger partial charge in [-0.2, -0.15) is 13.2 Å². The van der Waals surface area contributed by atoms with Gasteiger partial charge in [-0.3, -0.25) is 0 Å². The van der Waals surface area contributed by atoms with Crippen LogP contribution in [0.15, 0.2) is 12.1 Å². The zero-order chi connectivity index (χ0) is 13.6. The van der Waals surface area contributed by atoms with Gasteiger partial charge in [-0.25, -0.2) is 4.98 Å². The Hall–Kier alpha value is -1.50. The molecule has 1 aromatic heterocycles. The summed E-state index contributed by atoms with van der Waals surface area (Å²) in [6.45, 7) is 1.05. The average molecular weight is 263 g/mol. The van der Waals surface area contributed by atoms with E-state index in [9.17, 15) is 13.2 Å². The van der Waals surface area contributed by atoms with Crippen molar-refractivity contribution in [3.05, 3.63) is 17.7 Å². The first-order valence-electron chi connectivity index (χ1n) is 5.47. The monoisotopic (exact) mass is 263 g/mol. The van der Waals surface area contributed by atoms with Crippen LogP contribution in [-0.2, 0) is 10.9 Å². The Morgan fingerprint density at radius 1 is 1.28 bits per heavy atom. The van der Waals surface area contributed by atoms with E-state index in [1.807, 2.05) is 0 Å². The minimum Gasteiger partial charge on any atom is -0.385 e. The van der Waals surface area contributed by atoms with Crippen LogP contribution in [0.5, 0.6) is 0 Å². The third-order valence-corrected chi connectivity index (χ3v) is 2.24. The Morgan fingerprint density at radius 3 is 2.50 bits per heavy atom. The number of nitrogens with one attached hydrogen (secondary N) is 2. The fourth-order valence-electron chi connectivity index (χ4n) is 1.35. The van der Waals surface area contributed by atoms with Gasteiger partial charge in [0.15, 0.2) is 0 Å². The lowest BCUT2D eigenvalue weighted by molar-refractivity contribution is -0.137. The molecular formula is C11H16F3N3O. The molecule has 0 atom stereocenters. The minimum atomic E-state index is -4.38. The van der Waals surface area contributed by atoms with Gasteiger partial charge in [0.2, 0.25) is 0 Å². The topological polar surface area (TPSA) is 46.2 Å². The molecule has 0 spiro atoms. The number of alkyl halides is 3. The van der Waals surface area contributed by atoms with Crippen molar-refractivity contribution < 1.29 is 17.9 Å². The van der Waals surface area contributed by atoms with Crippen molar-refractivity contribution in [3.63, 3.8) is 0 Å². The fraction of sp³-hybridized carbons (Fsp3) is 0.545. The molecule has 0 radical (unpaired) electrons. The summed E-state index contributed by atoms with van der Waals surface area (Å²) < 4.78 is 42.7. The molecule has 1 aromatic rings. The number of halogens is 3. The lowest BCUT2D eigenvalue weighted by atomic mass is 10.2. The molecule has 0 saturated heterocycles. The third kappa shape index (κ3) is 4.40. The van der Waals surface area contributed by atoms with Gasteiger partial charge in [-0.15, -0.1) is 0 Å². The molecule has 0 aliphatic carbocycles. The number of methoxy groups -OCH3 is 1. The van der Waals surface area contributed by atoms with Gasteiger partial charge in [0, 0.05) is 27.3 Å². The van der Waals surface area contributed by atoms with Gasteiger partial charge in [-0.05, 0) is 18.6 Å². The molecule has 7 heteroatoms. The summed E-state index contributed by atoms with van der Waals surface area (Å²) in [6.07, 6.45) is -3.68. The summed E-state index contributed by atoms with van der Waals surface area (Å²) in [5, 5.41) is 5.44. The highest BCUT2D eigenvalue weighted by molar-refractivity contribution is 5.49. The highest BCUT2D eigenvalue weighted by Crippen LogP contribution is 2.31. The van der Waals surface area contributed by atoms with Crippen LogP contribution in [0.4, 0.5) is 24.8 Å². The molecule has 0 bridgehead atoms. The molecule has 4 nitrogen and oxygen atoms in total. The first-order chi connectivity index (χ1) is 8.47. The zero-order valence-corrected chi connectivity index (χ0v) is 10.3. The van der Waals surface area contributed by atoms with E-state index in [1.54, 1.807) is 7.11 Å². The molecule has 1 heterocycles. The van der Waals surface area contributed by atoms with Crippen LogP contribution >= 0.6 is 0 Å². The Bertz CT molecular complexity index is 382. The lowest BCUT2D eigenvalue weighted by Crippen LogP contribution is -2.11. The van der Waals surface area contributed by atoms with Crippen molar-refractivity contribution in [2.45, 2.75) is 12.6 Å². The lowest BCUT2D eigenvalue weighted by Gasteiger charge is -2.12. The maximum Gasteiger partial charge on any atom is 0.416 e. The molecule has 0 saturated carbocycles. The Kier molecular flexibility index (Phi) is 5.21. The van der Waals surface area contributed by atoms with Crippen LogP contribution in [-0.4, -0.2) is 32.3 Å². The number of nitrogens with zero attached hydrogens (tertiary/aromatic N) is 1. The molecule has 0 aliphatic heterocycles. The van der Waals surface area contributed by atoms with Crippen molar-refractivity contribution in [3.8, 4) is 0 Å². The highest BCUT2D eigenvalue weighted by atomic mass is 19.4. The summed E-state index contributed by atoms with van der Waals surface area (Å²) in [6, 6.07) is 1.97. The maximum absolute atomic E-state index is 12.6. The quantitative estimate of drug-likeness (QED) is 0.774. The number of hydrogen-bond acceptors (Lipinski definition) is 4. The first kappa shape index (κ1) is 14.6. The number of hydrogen-bond donors (Lipinski definition) is 2. The number of aromatic nitrogens is 1. The van der Waals surface area contributed by atoms with Crippen LogP contribution in [0.2, 0.25) is 0 Å². The molecule has 18 heavy (non-hydrogen) atoms. The maximum atomic E-state index is 12.6. The molecular weight excluding hydrogens is 247 g/mol. The molecule has 0 aromatic carbocycles. The SMILES string of the molecule is CNc1cc(C(F)(F)F)cc(NCCCOC)n1. The number of ether oxygens (including phenoxy) is 1. The van der Waals surface area contributed by atoms with E-state index in [-0.39, 0.29) is 11.6 Å². The van der Waals surface area contributed by atoms with E-state index >= 15 is 0 Å². The van der Waals surface area contributed by atoms with Gasteiger partial charge < -0.3 is 15.4 Å². The van der Waals surface area contributed by atoms with E-state index in [0.29, 0.717) is 19.6 Å². The van der Waals surface area contributed by atoms with Crippen molar-refractivity contribution in [2.24, 2.45) is 0 Å². The molecule has 0 fully saturated rings. The van der Waals surface area contributed by atoms with Crippen LogP contribution < -0.4 is 10.6 Å². The molecule has 0 amide bonds. The van der Waals surface area contributed by atoms with Crippen LogP contribution in [0, 0.1) is 0 Å². The minimum absolute atomic E-state index is 0.180. The Balaban J connectivity index is 2.78. The third-order valence-electron chi connectivity index (χ3n) is 2.24. The summed E-state index contributed by atoms with van der Waals surface area (Å²) in [5.41, 5.74) is -0.726. The number of pyridine rings is 1. The standard InChI is InChI=1S/C11H16F3N3O/c1-15-9-6-8(11(12,13)14)7-10(17-9)16-4-3-5-18-2/h6-7H,3-5H2,1-2H3,(H2,15,16,17). The second-order valence-electron chi connectivity index (χ2n) is 3.65. The van der Waals surface area contributed by atoms with Gasteiger partial charge in [0.05, 0.1) is 5.56 Å². The number of rotatable bonds is 6. The van der Waals surface area contributed by atoms with E-state index in [2.05, 4.69) is 15.6 Å². The first-order valence-corrected chi connectivity index (χ1v) is 5.47. The highest BCUT2D eigenvalue weighted by Gasteiger charge is 2.31. The van der Waals surface area contributed by atoms with Gasteiger partial charge in [0.25, 0.3) is 0 Å². The van der Waals surface area contributed by atoms with Gasteiger partial charge in [-0.1, -0.05) is 0 Å². The second-order valence-corrected chi connectivity index (χ2v) is 3.65. The summed E-state index contributed by atoms with van der Waals surface area (Å²) in [4.78, 5) is 4.00.